The molecule has 1 rings (SSSR count). The van der Waals surface area contributed by atoms with Crippen LogP contribution in [0.15, 0.2) is 24.3 Å². The monoisotopic (exact) mass is 262 g/mol. The topological polar surface area (TPSA) is 54.3 Å². The molecule has 0 saturated heterocycles. The van der Waals surface area contributed by atoms with Gasteiger partial charge in [0, 0.05) is 7.11 Å². The van der Waals surface area contributed by atoms with E-state index in [1.54, 1.807) is 7.11 Å². The molecule has 0 aliphatic carbocycles. The first-order valence-corrected chi connectivity index (χ1v) is 6.50. The van der Waals surface area contributed by atoms with Crippen LogP contribution in [-0.2, 0) is 11.2 Å². The van der Waals surface area contributed by atoms with E-state index < -0.39 is 5.54 Å². The second-order valence-corrected chi connectivity index (χ2v) is 4.65. The van der Waals surface area contributed by atoms with E-state index in [-0.39, 0.29) is 0 Å². The number of methoxy groups -OCH3 is 1. The molecule has 0 aromatic heterocycles. The molecule has 0 saturated carbocycles. The number of ether oxygens (including phenoxy) is 2. The molecule has 1 aromatic rings. The first kappa shape index (κ1) is 15.5. The van der Waals surface area contributed by atoms with Crippen molar-refractivity contribution in [2.45, 2.75) is 25.8 Å². The van der Waals surface area contributed by atoms with E-state index in [1.807, 2.05) is 38.1 Å². The number of hydrogen-bond acceptors (Lipinski definition) is 4. The van der Waals surface area contributed by atoms with E-state index >= 15 is 0 Å². The largest absolute Gasteiger partial charge is 0.491 e. The lowest BCUT2D eigenvalue weighted by Gasteiger charge is -2.22. The minimum Gasteiger partial charge on any atom is -0.491 e. The molecule has 0 bridgehead atoms. The Balaban J connectivity index is 2.51. The molecule has 104 valence electrons. The summed E-state index contributed by atoms with van der Waals surface area (Å²) in [7, 11) is 1.70. The SMILES string of the molecule is CCNC(C)(C#N)COc1ccc(CCOC)cc1. The first-order valence-electron chi connectivity index (χ1n) is 6.50. The zero-order valence-electron chi connectivity index (χ0n) is 11.9. The Morgan fingerprint density at radius 1 is 1.32 bits per heavy atom. The highest BCUT2D eigenvalue weighted by molar-refractivity contribution is 5.27. The highest BCUT2D eigenvalue weighted by atomic mass is 16.5. The molecule has 1 unspecified atom stereocenters. The number of nitriles is 1. The van der Waals surface area contributed by atoms with Crippen molar-refractivity contribution in [2.24, 2.45) is 0 Å². The van der Waals surface area contributed by atoms with E-state index in [4.69, 9.17) is 14.7 Å². The number of likely N-dealkylation sites (N-methyl/N-ethyl adjacent to an activating group) is 1. The molecule has 1 aromatic carbocycles. The molecule has 0 radical (unpaired) electrons. The summed E-state index contributed by atoms with van der Waals surface area (Å²) in [5.74, 6) is 0.778. The van der Waals surface area contributed by atoms with Crippen LogP contribution in [-0.4, -0.2) is 32.4 Å². The number of nitrogens with zero attached hydrogens (tertiary/aromatic N) is 1. The summed E-state index contributed by atoms with van der Waals surface area (Å²) in [6, 6.07) is 10.1. The fraction of sp³-hybridized carbons (Fsp3) is 0.533. The molecule has 0 amide bonds. The Morgan fingerprint density at radius 2 is 2.00 bits per heavy atom. The van der Waals surface area contributed by atoms with Gasteiger partial charge in [-0.05, 0) is 37.6 Å². The second kappa shape index (κ2) is 7.78. The van der Waals surface area contributed by atoms with Gasteiger partial charge < -0.3 is 9.47 Å². The van der Waals surface area contributed by atoms with Gasteiger partial charge in [0.05, 0.1) is 12.7 Å². The number of rotatable bonds is 8. The Kier molecular flexibility index (Phi) is 6.34. The molecule has 0 aliphatic heterocycles. The number of nitrogens with one attached hydrogen (secondary N) is 1. The highest BCUT2D eigenvalue weighted by Gasteiger charge is 2.23. The second-order valence-electron chi connectivity index (χ2n) is 4.65. The minimum atomic E-state index is -0.649. The highest BCUT2D eigenvalue weighted by Crippen LogP contribution is 2.14. The number of benzene rings is 1. The number of hydrogen-bond donors (Lipinski definition) is 1. The molecule has 0 heterocycles. The quantitative estimate of drug-likeness (QED) is 0.780. The third kappa shape index (κ3) is 5.29. The van der Waals surface area contributed by atoms with E-state index in [9.17, 15) is 0 Å². The van der Waals surface area contributed by atoms with Gasteiger partial charge in [-0.3, -0.25) is 5.32 Å². The van der Waals surface area contributed by atoms with Crippen molar-refractivity contribution in [2.75, 3.05) is 26.9 Å². The summed E-state index contributed by atoms with van der Waals surface area (Å²) in [5.41, 5.74) is 0.563. The molecular weight excluding hydrogens is 240 g/mol. The maximum atomic E-state index is 9.13. The lowest BCUT2D eigenvalue weighted by molar-refractivity contribution is 0.202. The summed E-state index contributed by atoms with van der Waals surface area (Å²) < 4.78 is 10.7. The Bertz CT molecular complexity index is 411. The maximum Gasteiger partial charge on any atom is 0.138 e. The Morgan fingerprint density at radius 3 is 2.53 bits per heavy atom. The van der Waals surface area contributed by atoms with Gasteiger partial charge >= 0.3 is 0 Å². The van der Waals surface area contributed by atoms with Crippen LogP contribution >= 0.6 is 0 Å². The van der Waals surface area contributed by atoms with Crippen molar-refractivity contribution in [1.29, 1.82) is 5.26 Å². The molecule has 0 aliphatic rings. The van der Waals surface area contributed by atoms with Gasteiger partial charge in [-0.2, -0.15) is 5.26 Å². The third-order valence-corrected chi connectivity index (χ3v) is 2.86. The van der Waals surface area contributed by atoms with E-state index in [0.717, 1.165) is 18.7 Å². The van der Waals surface area contributed by atoms with Crippen LogP contribution in [0, 0.1) is 11.3 Å². The molecule has 1 atom stereocenters. The first-order chi connectivity index (χ1) is 9.13. The summed E-state index contributed by atoms with van der Waals surface area (Å²) in [6.45, 7) is 5.59. The summed E-state index contributed by atoms with van der Waals surface area (Å²) >= 11 is 0. The maximum absolute atomic E-state index is 9.13. The van der Waals surface area contributed by atoms with Crippen molar-refractivity contribution in [3.05, 3.63) is 29.8 Å². The van der Waals surface area contributed by atoms with Crippen LogP contribution < -0.4 is 10.1 Å². The zero-order chi connectivity index (χ0) is 14.1. The predicted molar refractivity (Wildman–Crippen MR) is 75.2 cm³/mol. The van der Waals surface area contributed by atoms with Gasteiger partial charge in [-0.15, -0.1) is 0 Å². The van der Waals surface area contributed by atoms with Crippen molar-refractivity contribution < 1.29 is 9.47 Å². The Labute approximate surface area is 115 Å². The average molecular weight is 262 g/mol. The summed E-state index contributed by atoms with van der Waals surface area (Å²) in [6.07, 6.45) is 0.893. The van der Waals surface area contributed by atoms with Crippen molar-refractivity contribution in [3.8, 4) is 11.8 Å². The fourth-order valence-electron chi connectivity index (χ4n) is 1.71. The van der Waals surface area contributed by atoms with E-state index in [0.29, 0.717) is 13.2 Å². The standard InChI is InChI=1S/C15H22N2O2/c1-4-17-15(2,11-16)12-19-14-7-5-13(6-8-14)9-10-18-3/h5-8,17H,4,9-10,12H2,1-3H3. The fourth-order valence-corrected chi connectivity index (χ4v) is 1.71. The van der Waals surface area contributed by atoms with Gasteiger partial charge in [0.1, 0.15) is 17.9 Å². The Hall–Kier alpha value is -1.57. The van der Waals surface area contributed by atoms with Gasteiger partial charge in [-0.1, -0.05) is 19.1 Å². The third-order valence-electron chi connectivity index (χ3n) is 2.86. The van der Waals surface area contributed by atoms with Crippen LogP contribution in [0.2, 0.25) is 0 Å². The smallest absolute Gasteiger partial charge is 0.138 e. The molecule has 0 fully saturated rings. The van der Waals surface area contributed by atoms with Crippen molar-refractivity contribution >= 4 is 0 Å². The zero-order valence-corrected chi connectivity index (χ0v) is 11.9. The van der Waals surface area contributed by atoms with Crippen LogP contribution in [0.25, 0.3) is 0 Å². The molecular formula is C15H22N2O2. The molecule has 4 heteroatoms. The molecule has 1 N–H and O–H groups in total. The van der Waals surface area contributed by atoms with E-state index in [1.165, 1.54) is 5.56 Å². The average Bonchev–Trinajstić information content (AvgIpc) is 2.44. The molecule has 19 heavy (non-hydrogen) atoms. The van der Waals surface area contributed by atoms with Gasteiger partial charge in [0.25, 0.3) is 0 Å². The van der Waals surface area contributed by atoms with Crippen LogP contribution in [0.1, 0.15) is 19.4 Å². The van der Waals surface area contributed by atoms with E-state index in [2.05, 4.69) is 11.4 Å². The van der Waals surface area contributed by atoms with Crippen LogP contribution in [0.3, 0.4) is 0 Å². The molecule has 0 spiro atoms. The lowest BCUT2D eigenvalue weighted by atomic mass is 10.1. The van der Waals surface area contributed by atoms with Crippen LogP contribution in [0.5, 0.6) is 5.75 Å². The summed E-state index contributed by atoms with van der Waals surface area (Å²) in [4.78, 5) is 0. The lowest BCUT2D eigenvalue weighted by Crippen LogP contribution is -2.46. The van der Waals surface area contributed by atoms with Crippen molar-refractivity contribution in [3.63, 3.8) is 0 Å². The van der Waals surface area contributed by atoms with Gasteiger partial charge in [-0.25, -0.2) is 0 Å². The molecule has 4 nitrogen and oxygen atoms in total. The van der Waals surface area contributed by atoms with Crippen LogP contribution in [0.4, 0.5) is 0 Å². The van der Waals surface area contributed by atoms with Gasteiger partial charge in [0.15, 0.2) is 0 Å². The summed E-state index contributed by atoms with van der Waals surface area (Å²) in [5, 5.41) is 12.2. The van der Waals surface area contributed by atoms with Crippen molar-refractivity contribution in [1.82, 2.24) is 5.32 Å². The predicted octanol–water partition coefficient (Wildman–Crippen LogP) is 2.15. The minimum absolute atomic E-state index is 0.328. The normalized spacial score (nSPS) is 13.6. The van der Waals surface area contributed by atoms with Gasteiger partial charge in [0.2, 0.25) is 0 Å².